The summed E-state index contributed by atoms with van der Waals surface area (Å²) in [5.41, 5.74) is 0. The van der Waals surface area contributed by atoms with Crippen molar-refractivity contribution in [3.05, 3.63) is 29.3 Å². The van der Waals surface area contributed by atoms with Gasteiger partial charge in [0.25, 0.3) is 0 Å². The summed E-state index contributed by atoms with van der Waals surface area (Å²) in [7, 11) is 1.76. The zero-order valence-electron chi connectivity index (χ0n) is 11.7. The molecule has 0 bridgehead atoms. The van der Waals surface area contributed by atoms with Crippen LogP contribution in [-0.2, 0) is 0 Å². The fourth-order valence-corrected chi connectivity index (χ4v) is 1.70. The normalized spacial score (nSPS) is 12.9. The molecular weight excluding hydrogens is 262 g/mol. The summed E-state index contributed by atoms with van der Waals surface area (Å²) < 4.78 is 5.76. The Kier molecular flexibility index (Phi) is 7.11. The first-order valence-electron chi connectivity index (χ1n) is 6.52. The molecule has 1 aromatic carbocycles. The number of guanidine groups is 1. The van der Waals surface area contributed by atoms with Gasteiger partial charge in [0.1, 0.15) is 11.9 Å². The van der Waals surface area contributed by atoms with Crippen LogP contribution in [0.2, 0.25) is 5.02 Å². The van der Waals surface area contributed by atoms with E-state index in [0.717, 1.165) is 24.7 Å². The van der Waals surface area contributed by atoms with Crippen LogP contribution in [0, 0.1) is 0 Å². The van der Waals surface area contributed by atoms with Gasteiger partial charge in [0.15, 0.2) is 5.96 Å². The molecule has 0 aliphatic heterocycles. The predicted octanol–water partition coefficient (Wildman–Crippen LogP) is 2.68. The molecule has 0 saturated carbocycles. The highest BCUT2D eigenvalue weighted by atomic mass is 35.5. The molecule has 106 valence electrons. The van der Waals surface area contributed by atoms with Crippen molar-refractivity contribution >= 4 is 17.6 Å². The number of rotatable bonds is 6. The smallest absolute Gasteiger partial charge is 0.191 e. The van der Waals surface area contributed by atoms with Crippen molar-refractivity contribution in [2.45, 2.75) is 26.4 Å². The van der Waals surface area contributed by atoms with E-state index < -0.39 is 0 Å². The van der Waals surface area contributed by atoms with Crippen molar-refractivity contribution in [3.8, 4) is 5.75 Å². The van der Waals surface area contributed by atoms with Crippen LogP contribution in [0.3, 0.4) is 0 Å². The topological polar surface area (TPSA) is 45.7 Å². The summed E-state index contributed by atoms with van der Waals surface area (Å²) in [5, 5.41) is 7.11. The molecule has 0 heterocycles. The van der Waals surface area contributed by atoms with Gasteiger partial charge in [-0.15, -0.1) is 0 Å². The van der Waals surface area contributed by atoms with Crippen LogP contribution < -0.4 is 15.4 Å². The van der Waals surface area contributed by atoms with Crippen molar-refractivity contribution in [2.75, 3.05) is 20.1 Å². The molecule has 0 amide bonds. The molecule has 0 spiro atoms. The molecule has 0 aliphatic rings. The van der Waals surface area contributed by atoms with Crippen molar-refractivity contribution in [2.24, 2.45) is 4.99 Å². The Morgan fingerprint density at radius 3 is 2.84 bits per heavy atom. The second-order valence-corrected chi connectivity index (χ2v) is 4.70. The Bertz CT molecular complexity index is 409. The summed E-state index contributed by atoms with van der Waals surface area (Å²) >= 11 is 5.91. The van der Waals surface area contributed by atoms with Gasteiger partial charge in [0, 0.05) is 18.6 Å². The molecule has 0 radical (unpaired) electrons. The van der Waals surface area contributed by atoms with Crippen molar-refractivity contribution in [3.63, 3.8) is 0 Å². The third-order valence-corrected chi connectivity index (χ3v) is 2.69. The minimum Gasteiger partial charge on any atom is -0.489 e. The summed E-state index contributed by atoms with van der Waals surface area (Å²) in [6.45, 7) is 5.70. The summed E-state index contributed by atoms with van der Waals surface area (Å²) in [6.07, 6.45) is 1.09. The molecule has 0 fully saturated rings. The van der Waals surface area contributed by atoms with E-state index in [1.807, 2.05) is 31.2 Å². The Labute approximate surface area is 120 Å². The molecule has 1 aromatic rings. The van der Waals surface area contributed by atoms with Gasteiger partial charge in [-0.05, 0) is 31.5 Å². The first kappa shape index (κ1) is 15.6. The Morgan fingerprint density at radius 2 is 2.21 bits per heavy atom. The number of nitrogens with zero attached hydrogens (tertiary/aromatic N) is 1. The molecule has 4 nitrogen and oxygen atoms in total. The van der Waals surface area contributed by atoms with Crippen LogP contribution in [0.1, 0.15) is 20.3 Å². The van der Waals surface area contributed by atoms with E-state index in [4.69, 9.17) is 16.3 Å². The van der Waals surface area contributed by atoms with Gasteiger partial charge in [-0.1, -0.05) is 24.6 Å². The Balaban J connectivity index is 2.36. The average Bonchev–Trinajstić information content (AvgIpc) is 2.39. The highest BCUT2D eigenvalue weighted by molar-refractivity contribution is 6.30. The fourth-order valence-electron chi connectivity index (χ4n) is 1.52. The molecule has 0 saturated heterocycles. The quantitative estimate of drug-likeness (QED) is 0.623. The molecule has 0 aliphatic carbocycles. The summed E-state index contributed by atoms with van der Waals surface area (Å²) in [5.74, 6) is 1.57. The second kappa shape index (κ2) is 8.64. The van der Waals surface area contributed by atoms with Gasteiger partial charge in [-0.25, -0.2) is 0 Å². The number of halogens is 1. The van der Waals surface area contributed by atoms with E-state index >= 15 is 0 Å². The van der Waals surface area contributed by atoms with Crippen LogP contribution in [0.4, 0.5) is 0 Å². The van der Waals surface area contributed by atoms with Gasteiger partial charge in [-0.3, -0.25) is 4.99 Å². The standard InChI is InChI=1S/C14H22ClN3O/c1-4-8-17-14(16-3)18-10-11(2)19-13-7-5-6-12(15)9-13/h5-7,9,11H,4,8,10H2,1-3H3,(H2,16,17,18). The molecule has 1 rings (SSSR count). The SMILES string of the molecule is CCCNC(=NC)NCC(C)Oc1cccc(Cl)c1. The van der Waals surface area contributed by atoms with E-state index in [0.29, 0.717) is 11.6 Å². The van der Waals surface area contributed by atoms with E-state index in [2.05, 4.69) is 22.5 Å². The molecule has 5 heteroatoms. The van der Waals surface area contributed by atoms with Gasteiger partial charge in [0.2, 0.25) is 0 Å². The minimum atomic E-state index is 0.0265. The van der Waals surface area contributed by atoms with Gasteiger partial charge in [0.05, 0.1) is 6.54 Å². The molecule has 2 N–H and O–H groups in total. The third kappa shape index (κ3) is 6.34. The van der Waals surface area contributed by atoms with E-state index in [1.165, 1.54) is 0 Å². The number of hydrogen-bond donors (Lipinski definition) is 2. The van der Waals surface area contributed by atoms with E-state index in [-0.39, 0.29) is 6.10 Å². The molecule has 19 heavy (non-hydrogen) atoms. The largest absolute Gasteiger partial charge is 0.489 e. The highest BCUT2D eigenvalue weighted by Crippen LogP contribution is 2.18. The van der Waals surface area contributed by atoms with Crippen molar-refractivity contribution < 1.29 is 4.74 Å². The van der Waals surface area contributed by atoms with Gasteiger partial charge < -0.3 is 15.4 Å². The minimum absolute atomic E-state index is 0.0265. The van der Waals surface area contributed by atoms with Gasteiger partial charge >= 0.3 is 0 Å². The first-order valence-corrected chi connectivity index (χ1v) is 6.90. The maximum Gasteiger partial charge on any atom is 0.191 e. The van der Waals surface area contributed by atoms with Crippen LogP contribution in [-0.4, -0.2) is 32.2 Å². The van der Waals surface area contributed by atoms with Crippen LogP contribution in [0.15, 0.2) is 29.3 Å². The number of ether oxygens (including phenoxy) is 1. The molecular formula is C14H22ClN3O. The van der Waals surface area contributed by atoms with Crippen molar-refractivity contribution in [1.29, 1.82) is 0 Å². The van der Waals surface area contributed by atoms with Crippen LogP contribution in [0.5, 0.6) is 5.75 Å². The Morgan fingerprint density at radius 1 is 1.42 bits per heavy atom. The van der Waals surface area contributed by atoms with Gasteiger partial charge in [-0.2, -0.15) is 0 Å². The Hall–Kier alpha value is -1.42. The number of benzene rings is 1. The zero-order chi connectivity index (χ0) is 14.1. The first-order chi connectivity index (χ1) is 9.15. The number of hydrogen-bond acceptors (Lipinski definition) is 2. The molecule has 0 aromatic heterocycles. The lowest BCUT2D eigenvalue weighted by Crippen LogP contribution is -2.42. The maximum atomic E-state index is 5.91. The second-order valence-electron chi connectivity index (χ2n) is 4.27. The molecule has 1 unspecified atom stereocenters. The molecule has 1 atom stereocenters. The summed E-state index contributed by atoms with van der Waals surface area (Å²) in [6, 6.07) is 7.40. The fraction of sp³-hybridized carbons (Fsp3) is 0.500. The zero-order valence-corrected chi connectivity index (χ0v) is 12.5. The summed E-state index contributed by atoms with van der Waals surface area (Å²) in [4.78, 5) is 4.14. The highest BCUT2D eigenvalue weighted by Gasteiger charge is 2.05. The lowest BCUT2D eigenvalue weighted by molar-refractivity contribution is 0.224. The van der Waals surface area contributed by atoms with Crippen LogP contribution >= 0.6 is 11.6 Å². The number of aliphatic imine (C=N–C) groups is 1. The lowest BCUT2D eigenvalue weighted by Gasteiger charge is -2.17. The third-order valence-electron chi connectivity index (χ3n) is 2.46. The predicted molar refractivity (Wildman–Crippen MR) is 81.2 cm³/mol. The monoisotopic (exact) mass is 283 g/mol. The maximum absolute atomic E-state index is 5.91. The van der Waals surface area contributed by atoms with Crippen molar-refractivity contribution in [1.82, 2.24) is 10.6 Å². The van der Waals surface area contributed by atoms with E-state index in [9.17, 15) is 0 Å². The number of nitrogens with one attached hydrogen (secondary N) is 2. The van der Waals surface area contributed by atoms with E-state index in [1.54, 1.807) is 7.05 Å². The van der Waals surface area contributed by atoms with Crippen LogP contribution in [0.25, 0.3) is 0 Å². The lowest BCUT2D eigenvalue weighted by atomic mass is 10.3. The average molecular weight is 284 g/mol.